The summed E-state index contributed by atoms with van der Waals surface area (Å²) in [6.45, 7) is 3.37. The van der Waals surface area contributed by atoms with Crippen LogP contribution in [0.15, 0.2) is 24.3 Å². The molecular weight excluding hydrogens is 336 g/mol. The van der Waals surface area contributed by atoms with Gasteiger partial charge in [-0.3, -0.25) is 14.5 Å². The molecule has 140 valence electrons. The van der Waals surface area contributed by atoms with E-state index in [2.05, 4.69) is 5.32 Å². The molecule has 2 fully saturated rings. The first-order chi connectivity index (χ1) is 12.3. The number of β-amino-alcohol motifs (C(OH)–C–C–N with tert-alkyl or cyclic N) is 1. The highest BCUT2D eigenvalue weighted by Gasteiger charge is 2.56. The van der Waals surface area contributed by atoms with Gasteiger partial charge in [0, 0.05) is 12.0 Å². The van der Waals surface area contributed by atoms with Gasteiger partial charge < -0.3 is 15.2 Å². The minimum absolute atomic E-state index is 0.0499. The Morgan fingerprint density at radius 1 is 1.35 bits per heavy atom. The molecule has 0 spiro atoms. The first-order valence-electron chi connectivity index (χ1n) is 8.93. The number of urea groups is 1. The molecular formula is C19H24N2O5. The number of ether oxygens (including phenoxy) is 1. The van der Waals surface area contributed by atoms with Crippen molar-refractivity contribution in [3.63, 3.8) is 0 Å². The van der Waals surface area contributed by atoms with Crippen LogP contribution >= 0.6 is 0 Å². The van der Waals surface area contributed by atoms with Crippen molar-refractivity contribution in [1.29, 1.82) is 0 Å². The lowest BCUT2D eigenvalue weighted by Crippen LogP contribution is -2.46. The minimum Gasteiger partial charge on any atom is -0.491 e. The van der Waals surface area contributed by atoms with Crippen LogP contribution in [0.3, 0.4) is 0 Å². The van der Waals surface area contributed by atoms with Crippen molar-refractivity contribution >= 4 is 17.7 Å². The van der Waals surface area contributed by atoms with Crippen LogP contribution in [-0.4, -0.2) is 52.5 Å². The molecule has 1 aliphatic heterocycles. The summed E-state index contributed by atoms with van der Waals surface area (Å²) in [7, 11) is 0. The van der Waals surface area contributed by atoms with Crippen molar-refractivity contribution < 1.29 is 24.2 Å². The number of hydrogen-bond donors (Lipinski definition) is 2. The lowest BCUT2D eigenvalue weighted by molar-refractivity contribution is -0.132. The molecule has 3 rings (SSSR count). The number of aliphatic hydroxyl groups excluding tert-OH is 1. The van der Waals surface area contributed by atoms with Gasteiger partial charge in [-0.2, -0.15) is 0 Å². The Balaban J connectivity index is 1.52. The molecule has 7 heteroatoms. The molecule has 1 aliphatic carbocycles. The number of carbonyl (C=O) groups is 3. The van der Waals surface area contributed by atoms with Gasteiger partial charge in [0.25, 0.3) is 5.91 Å². The highest BCUT2D eigenvalue weighted by Crippen LogP contribution is 2.42. The van der Waals surface area contributed by atoms with Crippen LogP contribution in [0.2, 0.25) is 0 Å². The van der Waals surface area contributed by atoms with Gasteiger partial charge in [-0.1, -0.05) is 6.92 Å². The maximum atomic E-state index is 12.5. The zero-order valence-electron chi connectivity index (χ0n) is 15.0. The molecule has 1 saturated carbocycles. The van der Waals surface area contributed by atoms with Crippen LogP contribution in [-0.2, 0) is 4.79 Å². The summed E-state index contributed by atoms with van der Waals surface area (Å²) < 4.78 is 5.50. The van der Waals surface area contributed by atoms with Gasteiger partial charge in [-0.15, -0.1) is 0 Å². The number of Topliss-reactive ketones (excluding diaryl/α,β-unsaturated/α-hetero) is 1. The van der Waals surface area contributed by atoms with E-state index in [1.165, 1.54) is 0 Å². The molecule has 3 amide bonds. The molecule has 2 atom stereocenters. The number of rotatable bonds is 8. The maximum absolute atomic E-state index is 12.5. The average Bonchev–Trinajstić information content (AvgIpc) is 3.46. The maximum Gasteiger partial charge on any atom is 0.325 e. The van der Waals surface area contributed by atoms with Crippen molar-refractivity contribution in [3.8, 4) is 5.75 Å². The van der Waals surface area contributed by atoms with Crippen molar-refractivity contribution in [1.82, 2.24) is 10.2 Å². The van der Waals surface area contributed by atoms with E-state index in [-0.39, 0.29) is 30.8 Å². The third kappa shape index (κ3) is 3.58. The third-order valence-corrected chi connectivity index (χ3v) is 5.03. The van der Waals surface area contributed by atoms with Crippen molar-refractivity contribution in [3.05, 3.63) is 29.8 Å². The van der Waals surface area contributed by atoms with E-state index in [4.69, 9.17) is 4.74 Å². The SMILES string of the molecule is CCC(=O)c1ccc(OC[C@H](O)CN2C(=O)N[C@](C)(C3CC3)C2=O)cc1. The van der Waals surface area contributed by atoms with Crippen molar-refractivity contribution in [2.45, 2.75) is 44.8 Å². The van der Waals surface area contributed by atoms with Crippen LogP contribution in [0.4, 0.5) is 4.79 Å². The number of benzene rings is 1. The Morgan fingerprint density at radius 3 is 2.58 bits per heavy atom. The first kappa shape index (κ1) is 18.4. The summed E-state index contributed by atoms with van der Waals surface area (Å²) in [4.78, 5) is 37.3. The quantitative estimate of drug-likeness (QED) is 0.544. The van der Waals surface area contributed by atoms with E-state index in [1.807, 2.05) is 0 Å². The van der Waals surface area contributed by atoms with Crippen LogP contribution in [0.25, 0.3) is 0 Å². The Kier molecular flexibility index (Phi) is 5.00. The number of imide groups is 1. The number of aliphatic hydroxyl groups is 1. The fraction of sp³-hybridized carbons (Fsp3) is 0.526. The zero-order chi connectivity index (χ0) is 18.9. The minimum atomic E-state index is -0.997. The highest BCUT2D eigenvalue weighted by molar-refractivity contribution is 6.07. The first-order valence-corrected chi connectivity index (χ1v) is 8.93. The topological polar surface area (TPSA) is 95.9 Å². The molecule has 0 aromatic heterocycles. The van der Waals surface area contributed by atoms with E-state index >= 15 is 0 Å². The van der Waals surface area contributed by atoms with Gasteiger partial charge in [0.05, 0.1) is 6.54 Å². The Labute approximate surface area is 152 Å². The van der Waals surface area contributed by atoms with Gasteiger partial charge in [0.15, 0.2) is 5.78 Å². The predicted molar refractivity (Wildman–Crippen MR) is 93.9 cm³/mol. The third-order valence-electron chi connectivity index (χ3n) is 5.03. The molecule has 1 heterocycles. The van der Waals surface area contributed by atoms with E-state index in [9.17, 15) is 19.5 Å². The fourth-order valence-corrected chi connectivity index (χ4v) is 3.22. The number of nitrogens with one attached hydrogen (secondary N) is 1. The normalized spacial score (nSPS) is 23.7. The van der Waals surface area contributed by atoms with Crippen molar-refractivity contribution in [2.75, 3.05) is 13.2 Å². The zero-order valence-corrected chi connectivity index (χ0v) is 15.0. The number of nitrogens with zero attached hydrogens (tertiary/aromatic N) is 1. The molecule has 0 radical (unpaired) electrons. The smallest absolute Gasteiger partial charge is 0.325 e. The highest BCUT2D eigenvalue weighted by atomic mass is 16.5. The van der Waals surface area contributed by atoms with E-state index in [0.29, 0.717) is 17.7 Å². The van der Waals surface area contributed by atoms with E-state index < -0.39 is 17.7 Å². The summed E-state index contributed by atoms with van der Waals surface area (Å²) in [5.74, 6) is 0.457. The molecule has 1 saturated heterocycles. The van der Waals surface area contributed by atoms with Crippen LogP contribution in [0, 0.1) is 5.92 Å². The second-order valence-electron chi connectivity index (χ2n) is 7.09. The number of carbonyl (C=O) groups excluding carboxylic acids is 3. The lowest BCUT2D eigenvalue weighted by atomic mass is 9.96. The number of ketones is 1. The van der Waals surface area contributed by atoms with Gasteiger partial charge in [0.2, 0.25) is 0 Å². The number of amides is 3. The molecule has 0 unspecified atom stereocenters. The van der Waals surface area contributed by atoms with Gasteiger partial charge in [-0.25, -0.2) is 4.79 Å². The molecule has 2 aliphatic rings. The summed E-state index contributed by atoms with van der Waals surface area (Å²) in [6.07, 6.45) is 1.30. The number of hydrogen-bond acceptors (Lipinski definition) is 5. The Bertz CT molecular complexity index is 713. The van der Waals surface area contributed by atoms with Crippen LogP contribution in [0.1, 0.15) is 43.5 Å². The average molecular weight is 360 g/mol. The largest absolute Gasteiger partial charge is 0.491 e. The molecule has 2 N–H and O–H groups in total. The summed E-state index contributed by atoms with van der Waals surface area (Å²) in [5, 5.41) is 12.9. The van der Waals surface area contributed by atoms with Gasteiger partial charge >= 0.3 is 6.03 Å². The molecule has 26 heavy (non-hydrogen) atoms. The van der Waals surface area contributed by atoms with Gasteiger partial charge in [0.1, 0.15) is 24.0 Å². The van der Waals surface area contributed by atoms with Crippen LogP contribution < -0.4 is 10.1 Å². The molecule has 0 bridgehead atoms. The summed E-state index contributed by atoms with van der Waals surface area (Å²) in [5.41, 5.74) is -0.238. The van der Waals surface area contributed by atoms with Crippen molar-refractivity contribution in [2.24, 2.45) is 5.92 Å². The Hall–Kier alpha value is -2.41. The standard InChI is InChI=1S/C19H24N2O5/c1-3-16(23)12-4-8-15(9-5-12)26-11-14(22)10-21-17(24)19(2,13-6-7-13)20-18(21)25/h4-5,8-9,13-14,22H,3,6-7,10-11H2,1-2H3,(H,20,25)/t14-,19-/m1/s1. The molecule has 1 aromatic rings. The van der Waals surface area contributed by atoms with E-state index in [1.54, 1.807) is 38.1 Å². The lowest BCUT2D eigenvalue weighted by Gasteiger charge is -2.22. The predicted octanol–water partition coefficient (Wildman–Crippen LogP) is 1.74. The molecule has 1 aromatic carbocycles. The van der Waals surface area contributed by atoms with Gasteiger partial charge in [-0.05, 0) is 49.9 Å². The summed E-state index contributed by atoms with van der Waals surface area (Å²) >= 11 is 0. The fourth-order valence-electron chi connectivity index (χ4n) is 3.22. The second kappa shape index (κ2) is 7.07. The van der Waals surface area contributed by atoms with Crippen LogP contribution in [0.5, 0.6) is 5.75 Å². The Morgan fingerprint density at radius 2 is 2.00 bits per heavy atom. The summed E-state index contributed by atoms with van der Waals surface area (Å²) in [6, 6.07) is 6.20. The van der Waals surface area contributed by atoms with E-state index in [0.717, 1.165) is 17.7 Å². The second-order valence-corrected chi connectivity index (χ2v) is 7.09. The monoisotopic (exact) mass is 360 g/mol. The molecule has 7 nitrogen and oxygen atoms in total.